The van der Waals surface area contributed by atoms with Gasteiger partial charge in [0, 0.05) is 5.56 Å². The van der Waals surface area contributed by atoms with Crippen molar-refractivity contribution in [3.8, 4) is 0 Å². The van der Waals surface area contributed by atoms with Crippen molar-refractivity contribution in [3.05, 3.63) is 58.0 Å². The van der Waals surface area contributed by atoms with E-state index in [1.165, 1.54) is 18.1 Å². The Morgan fingerprint density at radius 2 is 1.92 bits per heavy atom. The number of ketones is 1. The van der Waals surface area contributed by atoms with E-state index in [0.29, 0.717) is 11.3 Å². The number of aryl methyl sites for hydroxylation is 2. The molecule has 0 unspecified atom stereocenters. The summed E-state index contributed by atoms with van der Waals surface area (Å²) in [6, 6.07) is 4.79. The number of nitrogens with one attached hydrogen (secondary N) is 1. The fraction of sp³-hybridized carbons (Fsp3) is 0.350. The van der Waals surface area contributed by atoms with Crippen LogP contribution in [0.15, 0.2) is 28.9 Å². The standard InChI is InChI=1S/C20H22N2O4/c1-11-9-12(2)17(14(4)23)13(3)15(11)10-22-18(24)20(5,21-19(22)25)16-7-6-8-26-16/h6-9H,10H2,1-5H3,(H,21,25)/t20-/m1/s1. The van der Waals surface area contributed by atoms with Gasteiger partial charge in [0.05, 0.1) is 12.8 Å². The van der Waals surface area contributed by atoms with Crippen molar-refractivity contribution in [1.29, 1.82) is 0 Å². The van der Waals surface area contributed by atoms with Crippen LogP contribution in [-0.2, 0) is 16.9 Å². The summed E-state index contributed by atoms with van der Waals surface area (Å²) >= 11 is 0. The van der Waals surface area contributed by atoms with Crippen LogP contribution in [0.3, 0.4) is 0 Å². The Balaban J connectivity index is 2.00. The number of furan rings is 1. The van der Waals surface area contributed by atoms with E-state index in [2.05, 4.69) is 5.32 Å². The SMILES string of the molecule is CC(=O)c1c(C)cc(C)c(CN2C(=O)N[C@](C)(c3ccco3)C2=O)c1C. The smallest absolute Gasteiger partial charge is 0.325 e. The molecule has 0 spiro atoms. The van der Waals surface area contributed by atoms with Crippen LogP contribution in [0, 0.1) is 20.8 Å². The van der Waals surface area contributed by atoms with E-state index in [1.54, 1.807) is 19.1 Å². The van der Waals surface area contributed by atoms with E-state index in [0.717, 1.165) is 22.3 Å². The predicted octanol–water partition coefficient (Wildman–Crippen LogP) is 3.37. The second-order valence-corrected chi connectivity index (χ2v) is 6.97. The van der Waals surface area contributed by atoms with Gasteiger partial charge in [0.1, 0.15) is 5.76 Å². The molecule has 1 aliphatic rings. The maximum atomic E-state index is 13.0. The Labute approximate surface area is 152 Å². The molecule has 0 aliphatic carbocycles. The van der Waals surface area contributed by atoms with Crippen molar-refractivity contribution in [2.75, 3.05) is 0 Å². The van der Waals surface area contributed by atoms with Gasteiger partial charge in [0.15, 0.2) is 11.3 Å². The Morgan fingerprint density at radius 1 is 1.23 bits per heavy atom. The van der Waals surface area contributed by atoms with Crippen molar-refractivity contribution in [3.63, 3.8) is 0 Å². The zero-order valence-corrected chi connectivity index (χ0v) is 15.6. The molecule has 6 nitrogen and oxygen atoms in total. The molecule has 2 aromatic rings. The van der Waals surface area contributed by atoms with E-state index in [1.807, 2.05) is 26.8 Å². The largest absolute Gasteiger partial charge is 0.466 e. The molecule has 2 heterocycles. The highest BCUT2D eigenvalue weighted by Gasteiger charge is 2.51. The van der Waals surface area contributed by atoms with Crippen LogP contribution in [-0.4, -0.2) is 22.6 Å². The second kappa shape index (κ2) is 6.12. The van der Waals surface area contributed by atoms with Crippen molar-refractivity contribution in [1.82, 2.24) is 10.2 Å². The maximum Gasteiger partial charge on any atom is 0.325 e. The first-order valence-corrected chi connectivity index (χ1v) is 8.45. The zero-order chi connectivity index (χ0) is 19.2. The molecule has 3 amide bonds. The monoisotopic (exact) mass is 354 g/mol. The average molecular weight is 354 g/mol. The molecule has 3 rings (SSSR count). The molecular formula is C20H22N2O4. The molecule has 1 saturated heterocycles. The minimum absolute atomic E-state index is 0.0288. The lowest BCUT2D eigenvalue weighted by Crippen LogP contribution is -2.40. The predicted molar refractivity (Wildman–Crippen MR) is 95.8 cm³/mol. The van der Waals surface area contributed by atoms with Crippen LogP contribution in [0.5, 0.6) is 0 Å². The number of carbonyl (C=O) groups excluding carboxylic acids is 3. The lowest BCUT2D eigenvalue weighted by Gasteiger charge is -2.21. The molecule has 0 bridgehead atoms. The van der Waals surface area contributed by atoms with E-state index in [9.17, 15) is 14.4 Å². The number of amides is 3. The minimum atomic E-state index is -1.23. The Morgan fingerprint density at radius 3 is 2.50 bits per heavy atom. The number of rotatable bonds is 4. The maximum absolute atomic E-state index is 13.0. The fourth-order valence-electron chi connectivity index (χ4n) is 3.74. The van der Waals surface area contributed by atoms with Gasteiger partial charge in [0.25, 0.3) is 5.91 Å². The third kappa shape index (κ3) is 2.62. The molecule has 1 aromatic heterocycles. The van der Waals surface area contributed by atoms with Crippen molar-refractivity contribution in [2.24, 2.45) is 0 Å². The van der Waals surface area contributed by atoms with Crippen LogP contribution in [0.4, 0.5) is 4.79 Å². The number of urea groups is 1. The van der Waals surface area contributed by atoms with Gasteiger partial charge in [-0.3, -0.25) is 14.5 Å². The number of imide groups is 1. The van der Waals surface area contributed by atoms with Crippen LogP contribution in [0.2, 0.25) is 0 Å². The van der Waals surface area contributed by atoms with E-state index >= 15 is 0 Å². The Hall–Kier alpha value is -2.89. The quantitative estimate of drug-likeness (QED) is 0.674. The lowest BCUT2D eigenvalue weighted by molar-refractivity contribution is -0.132. The molecule has 1 fully saturated rings. The van der Waals surface area contributed by atoms with Gasteiger partial charge >= 0.3 is 6.03 Å². The first-order valence-electron chi connectivity index (χ1n) is 8.45. The summed E-state index contributed by atoms with van der Waals surface area (Å²) in [6.45, 7) is 8.93. The van der Waals surface area contributed by atoms with Crippen LogP contribution < -0.4 is 5.32 Å². The number of benzene rings is 1. The number of hydrogen-bond donors (Lipinski definition) is 1. The van der Waals surface area contributed by atoms with E-state index in [4.69, 9.17) is 4.42 Å². The fourth-order valence-corrected chi connectivity index (χ4v) is 3.74. The summed E-state index contributed by atoms with van der Waals surface area (Å²) in [5.41, 5.74) is 2.88. The van der Waals surface area contributed by atoms with Crippen molar-refractivity contribution < 1.29 is 18.8 Å². The molecule has 136 valence electrons. The van der Waals surface area contributed by atoms with Gasteiger partial charge in [-0.1, -0.05) is 6.07 Å². The molecule has 6 heteroatoms. The number of hydrogen-bond acceptors (Lipinski definition) is 4. The summed E-state index contributed by atoms with van der Waals surface area (Å²) in [7, 11) is 0. The van der Waals surface area contributed by atoms with Crippen LogP contribution >= 0.6 is 0 Å². The topological polar surface area (TPSA) is 79.6 Å². The van der Waals surface area contributed by atoms with Gasteiger partial charge in [-0.25, -0.2) is 4.79 Å². The molecule has 1 atom stereocenters. The van der Waals surface area contributed by atoms with Gasteiger partial charge < -0.3 is 9.73 Å². The zero-order valence-electron chi connectivity index (χ0n) is 15.6. The normalized spacial score (nSPS) is 19.8. The van der Waals surface area contributed by atoms with E-state index < -0.39 is 11.6 Å². The first-order chi connectivity index (χ1) is 12.2. The van der Waals surface area contributed by atoms with Gasteiger partial charge in [0.2, 0.25) is 0 Å². The number of nitrogens with zero attached hydrogens (tertiary/aromatic N) is 1. The second-order valence-electron chi connectivity index (χ2n) is 6.97. The molecule has 1 aromatic carbocycles. The van der Waals surface area contributed by atoms with Gasteiger partial charge in [-0.2, -0.15) is 0 Å². The van der Waals surface area contributed by atoms with E-state index in [-0.39, 0.29) is 18.2 Å². The molecule has 1 aliphatic heterocycles. The Kier molecular flexibility index (Phi) is 4.22. The van der Waals surface area contributed by atoms with Crippen LogP contribution in [0.25, 0.3) is 0 Å². The highest BCUT2D eigenvalue weighted by atomic mass is 16.3. The van der Waals surface area contributed by atoms with Crippen molar-refractivity contribution >= 4 is 17.7 Å². The lowest BCUT2D eigenvalue weighted by atomic mass is 9.91. The minimum Gasteiger partial charge on any atom is -0.466 e. The summed E-state index contributed by atoms with van der Waals surface area (Å²) in [5, 5.41) is 2.72. The highest BCUT2D eigenvalue weighted by Crippen LogP contribution is 2.32. The molecule has 26 heavy (non-hydrogen) atoms. The molecule has 1 N–H and O–H groups in total. The number of Topliss-reactive ketones (excluding diaryl/α,β-unsaturated/α-hetero) is 1. The summed E-state index contributed by atoms with van der Waals surface area (Å²) in [5.74, 6) is -0.0137. The van der Waals surface area contributed by atoms with Crippen LogP contribution in [0.1, 0.15) is 52.2 Å². The third-order valence-corrected chi connectivity index (χ3v) is 5.09. The summed E-state index contributed by atoms with van der Waals surface area (Å²) in [4.78, 5) is 38.6. The molecule has 0 saturated carbocycles. The highest BCUT2D eigenvalue weighted by molar-refractivity contribution is 6.07. The Bertz CT molecular complexity index is 914. The average Bonchev–Trinajstić information content (AvgIpc) is 3.14. The molecule has 0 radical (unpaired) electrons. The summed E-state index contributed by atoms with van der Waals surface area (Å²) in [6.07, 6.45) is 1.47. The third-order valence-electron chi connectivity index (χ3n) is 5.09. The van der Waals surface area contributed by atoms with Gasteiger partial charge in [-0.05, 0) is 69.0 Å². The van der Waals surface area contributed by atoms with Crippen molar-refractivity contribution in [2.45, 2.75) is 46.7 Å². The first kappa shape index (κ1) is 17.9. The number of carbonyl (C=O) groups is 3. The molecular weight excluding hydrogens is 332 g/mol. The summed E-state index contributed by atoms with van der Waals surface area (Å²) < 4.78 is 5.34. The van der Waals surface area contributed by atoms with Gasteiger partial charge in [-0.15, -0.1) is 0 Å².